The zero-order valence-electron chi connectivity index (χ0n) is 14.4. The number of rotatable bonds is 5. The summed E-state index contributed by atoms with van der Waals surface area (Å²) in [6.45, 7) is 3.53. The molecule has 0 atom stereocenters. The second kappa shape index (κ2) is 6.90. The molecule has 26 heavy (non-hydrogen) atoms. The number of carbonyl (C=O) groups is 1. The standard InChI is InChI=1S/C18H19ClN2O4S/c1-18(2)17(22)21(16-6-4-3-5-15(16)20-18)11-12-25-26(23,24)14-9-7-13(19)8-10-14/h3-10,20H,11-12H2,1-2H3. The fourth-order valence-corrected chi connectivity index (χ4v) is 3.81. The maximum absolute atomic E-state index is 12.7. The molecule has 2 aromatic rings. The minimum Gasteiger partial charge on any atom is -0.370 e. The Morgan fingerprint density at radius 1 is 1.12 bits per heavy atom. The van der Waals surface area contributed by atoms with E-state index in [2.05, 4.69) is 5.32 Å². The second-order valence-electron chi connectivity index (χ2n) is 6.45. The van der Waals surface area contributed by atoms with Crippen molar-refractivity contribution in [1.82, 2.24) is 0 Å². The Morgan fingerprint density at radius 2 is 1.77 bits per heavy atom. The number of nitrogens with one attached hydrogen (secondary N) is 1. The summed E-state index contributed by atoms with van der Waals surface area (Å²) >= 11 is 5.77. The van der Waals surface area contributed by atoms with Crippen LogP contribution in [-0.4, -0.2) is 33.0 Å². The molecule has 0 unspecified atom stereocenters. The predicted octanol–water partition coefficient (Wildman–Crippen LogP) is 3.28. The lowest BCUT2D eigenvalue weighted by Crippen LogP contribution is -2.54. The quantitative estimate of drug-likeness (QED) is 0.787. The summed E-state index contributed by atoms with van der Waals surface area (Å²) < 4.78 is 29.6. The molecule has 1 heterocycles. The van der Waals surface area contributed by atoms with Crippen LogP contribution in [0.1, 0.15) is 13.8 Å². The van der Waals surface area contributed by atoms with E-state index in [9.17, 15) is 13.2 Å². The number of anilines is 2. The van der Waals surface area contributed by atoms with Crippen LogP contribution in [0.25, 0.3) is 0 Å². The lowest BCUT2D eigenvalue weighted by molar-refractivity contribution is -0.122. The van der Waals surface area contributed by atoms with E-state index < -0.39 is 15.7 Å². The van der Waals surface area contributed by atoms with Gasteiger partial charge in [0.1, 0.15) is 5.54 Å². The molecular formula is C18H19ClN2O4S. The van der Waals surface area contributed by atoms with Crippen molar-refractivity contribution in [3.63, 3.8) is 0 Å². The van der Waals surface area contributed by atoms with Gasteiger partial charge in [0.05, 0.1) is 29.4 Å². The Morgan fingerprint density at radius 3 is 2.46 bits per heavy atom. The van der Waals surface area contributed by atoms with Crippen molar-refractivity contribution in [2.24, 2.45) is 0 Å². The molecule has 0 saturated heterocycles. The van der Waals surface area contributed by atoms with Gasteiger partial charge in [-0.1, -0.05) is 23.7 Å². The third-order valence-electron chi connectivity index (χ3n) is 4.08. The van der Waals surface area contributed by atoms with Crippen molar-refractivity contribution >= 4 is 39.0 Å². The van der Waals surface area contributed by atoms with Crippen molar-refractivity contribution in [1.29, 1.82) is 0 Å². The lowest BCUT2D eigenvalue weighted by atomic mass is 9.98. The van der Waals surface area contributed by atoms with E-state index >= 15 is 0 Å². The molecule has 0 bridgehead atoms. The van der Waals surface area contributed by atoms with E-state index in [-0.39, 0.29) is 24.0 Å². The molecule has 8 heteroatoms. The fraction of sp³-hybridized carbons (Fsp3) is 0.278. The summed E-state index contributed by atoms with van der Waals surface area (Å²) in [6.07, 6.45) is 0. The number of carbonyl (C=O) groups excluding carboxylic acids is 1. The Labute approximate surface area is 157 Å². The van der Waals surface area contributed by atoms with Crippen molar-refractivity contribution in [2.45, 2.75) is 24.3 Å². The first-order valence-electron chi connectivity index (χ1n) is 8.05. The van der Waals surface area contributed by atoms with Gasteiger partial charge in [-0.05, 0) is 50.2 Å². The van der Waals surface area contributed by atoms with Crippen molar-refractivity contribution < 1.29 is 17.4 Å². The van der Waals surface area contributed by atoms with E-state index in [1.807, 2.05) is 24.3 Å². The van der Waals surface area contributed by atoms with Gasteiger partial charge >= 0.3 is 0 Å². The zero-order valence-corrected chi connectivity index (χ0v) is 16.0. The number of nitrogens with zero attached hydrogens (tertiary/aromatic N) is 1. The van der Waals surface area contributed by atoms with Gasteiger partial charge in [0, 0.05) is 5.02 Å². The second-order valence-corrected chi connectivity index (χ2v) is 8.51. The Hall–Kier alpha value is -2.09. The Balaban J connectivity index is 1.75. The van der Waals surface area contributed by atoms with Crippen LogP contribution in [0.4, 0.5) is 11.4 Å². The van der Waals surface area contributed by atoms with Crippen LogP contribution < -0.4 is 10.2 Å². The van der Waals surface area contributed by atoms with Gasteiger partial charge < -0.3 is 10.2 Å². The van der Waals surface area contributed by atoms with E-state index in [4.69, 9.17) is 15.8 Å². The molecule has 0 saturated carbocycles. The molecule has 1 aliphatic heterocycles. The van der Waals surface area contributed by atoms with Crippen molar-refractivity contribution in [2.75, 3.05) is 23.4 Å². The van der Waals surface area contributed by atoms with Crippen LogP contribution in [-0.2, 0) is 19.1 Å². The molecule has 0 aromatic heterocycles. The van der Waals surface area contributed by atoms with Crippen LogP contribution in [0.2, 0.25) is 5.02 Å². The molecule has 1 aliphatic rings. The number of amides is 1. The van der Waals surface area contributed by atoms with Gasteiger partial charge in [0.2, 0.25) is 0 Å². The van der Waals surface area contributed by atoms with Crippen LogP contribution in [0.3, 0.4) is 0 Å². The molecule has 1 N–H and O–H groups in total. The van der Waals surface area contributed by atoms with Crippen LogP contribution in [0, 0.1) is 0 Å². The molecule has 3 rings (SSSR count). The molecule has 138 valence electrons. The summed E-state index contributed by atoms with van der Waals surface area (Å²) in [7, 11) is -3.91. The normalized spacial score (nSPS) is 16.1. The van der Waals surface area contributed by atoms with Gasteiger partial charge in [-0.25, -0.2) is 0 Å². The summed E-state index contributed by atoms with van der Waals surface area (Å²) in [6, 6.07) is 13.1. The fourth-order valence-electron chi connectivity index (χ4n) is 2.78. The number of benzene rings is 2. The number of fused-ring (bicyclic) bond motifs is 1. The summed E-state index contributed by atoms with van der Waals surface area (Å²) in [5.41, 5.74) is 0.727. The maximum Gasteiger partial charge on any atom is 0.297 e. The highest BCUT2D eigenvalue weighted by Crippen LogP contribution is 2.34. The molecule has 2 aromatic carbocycles. The van der Waals surface area contributed by atoms with Crippen LogP contribution in [0.15, 0.2) is 53.4 Å². The minimum absolute atomic E-state index is 0.0225. The van der Waals surface area contributed by atoms with Gasteiger partial charge in [0.15, 0.2) is 0 Å². The van der Waals surface area contributed by atoms with Gasteiger partial charge in [0.25, 0.3) is 16.0 Å². The summed E-state index contributed by atoms with van der Waals surface area (Å²) in [5, 5.41) is 3.63. The van der Waals surface area contributed by atoms with E-state index in [0.29, 0.717) is 10.7 Å². The number of halogens is 1. The Bertz CT molecular complexity index is 926. The SMILES string of the molecule is CC1(C)Nc2ccccc2N(CCOS(=O)(=O)c2ccc(Cl)cc2)C1=O. The summed E-state index contributed by atoms with van der Waals surface area (Å²) in [4.78, 5) is 14.3. The lowest BCUT2D eigenvalue weighted by Gasteiger charge is -2.39. The highest BCUT2D eigenvalue weighted by Gasteiger charge is 2.38. The topological polar surface area (TPSA) is 75.7 Å². The zero-order chi connectivity index (χ0) is 18.9. The molecular weight excluding hydrogens is 376 g/mol. The molecule has 0 spiro atoms. The summed E-state index contributed by atoms with van der Waals surface area (Å²) in [5.74, 6) is -0.149. The van der Waals surface area contributed by atoms with E-state index in [1.165, 1.54) is 24.3 Å². The molecule has 0 fully saturated rings. The van der Waals surface area contributed by atoms with Crippen molar-refractivity contribution in [3.05, 3.63) is 53.6 Å². The first kappa shape index (κ1) is 18.7. The first-order valence-corrected chi connectivity index (χ1v) is 9.83. The van der Waals surface area contributed by atoms with E-state index in [1.54, 1.807) is 18.7 Å². The molecule has 0 aliphatic carbocycles. The molecule has 1 amide bonds. The number of hydrogen-bond acceptors (Lipinski definition) is 5. The highest BCUT2D eigenvalue weighted by atomic mass is 35.5. The molecule has 6 nitrogen and oxygen atoms in total. The van der Waals surface area contributed by atoms with Gasteiger partial charge in [-0.2, -0.15) is 8.42 Å². The molecule has 0 radical (unpaired) electrons. The predicted molar refractivity (Wildman–Crippen MR) is 101 cm³/mol. The van der Waals surface area contributed by atoms with Crippen LogP contribution in [0.5, 0.6) is 0 Å². The average Bonchev–Trinajstić information content (AvgIpc) is 2.58. The maximum atomic E-state index is 12.7. The third kappa shape index (κ3) is 3.70. The minimum atomic E-state index is -3.91. The van der Waals surface area contributed by atoms with Gasteiger partial charge in [-0.3, -0.25) is 8.98 Å². The average molecular weight is 395 g/mol. The smallest absolute Gasteiger partial charge is 0.297 e. The number of hydrogen-bond donors (Lipinski definition) is 1. The third-order valence-corrected chi connectivity index (χ3v) is 5.66. The van der Waals surface area contributed by atoms with Crippen LogP contribution >= 0.6 is 11.6 Å². The monoisotopic (exact) mass is 394 g/mol. The highest BCUT2D eigenvalue weighted by molar-refractivity contribution is 7.86. The largest absolute Gasteiger partial charge is 0.370 e. The number of para-hydroxylation sites is 2. The van der Waals surface area contributed by atoms with E-state index in [0.717, 1.165) is 5.69 Å². The Kier molecular flexibility index (Phi) is 4.96. The first-order chi connectivity index (χ1) is 12.2. The van der Waals surface area contributed by atoms with Crippen molar-refractivity contribution in [3.8, 4) is 0 Å². The van der Waals surface area contributed by atoms with Gasteiger partial charge in [-0.15, -0.1) is 0 Å².